The Kier molecular flexibility index (Phi) is 6.03. The molecule has 0 saturated heterocycles. The summed E-state index contributed by atoms with van der Waals surface area (Å²) in [7, 11) is 0. The molecule has 23 heavy (non-hydrogen) atoms. The van der Waals surface area contributed by atoms with Crippen LogP contribution in [0.2, 0.25) is 0 Å². The van der Waals surface area contributed by atoms with Crippen LogP contribution in [0, 0.1) is 22.2 Å². The fourth-order valence-electron chi connectivity index (χ4n) is 4.08. The van der Waals surface area contributed by atoms with Crippen molar-refractivity contribution in [2.75, 3.05) is 0 Å². The zero-order chi connectivity index (χ0) is 18.1. The second kappa shape index (κ2) is 6.76. The predicted octanol–water partition coefficient (Wildman–Crippen LogP) is 6.38. The first-order valence-electron chi connectivity index (χ1n) is 9.47. The van der Waals surface area contributed by atoms with E-state index in [1.165, 1.54) is 19.3 Å². The van der Waals surface area contributed by atoms with Gasteiger partial charge < -0.3 is 4.74 Å². The molecule has 0 N–H and O–H groups in total. The van der Waals surface area contributed by atoms with E-state index < -0.39 is 5.41 Å². The molecule has 0 aliphatic heterocycles. The van der Waals surface area contributed by atoms with Crippen LogP contribution < -0.4 is 0 Å². The first-order valence-corrected chi connectivity index (χ1v) is 9.47. The highest BCUT2D eigenvalue weighted by molar-refractivity contribution is 5.77. The zero-order valence-electron chi connectivity index (χ0n) is 17.1. The summed E-state index contributed by atoms with van der Waals surface area (Å²) in [6.45, 7) is 19.7. The Labute approximate surface area is 144 Å². The highest BCUT2D eigenvalue weighted by Crippen LogP contribution is 2.49. The number of carbonyl (C=O) groups is 1. The van der Waals surface area contributed by atoms with E-state index >= 15 is 0 Å². The minimum atomic E-state index is -0.486. The number of hydrogen-bond donors (Lipinski definition) is 0. The fraction of sp³-hybridized carbons (Fsp3) is 0.952. The summed E-state index contributed by atoms with van der Waals surface area (Å²) in [6, 6.07) is 0. The Hall–Kier alpha value is -0.530. The first-order chi connectivity index (χ1) is 10.2. The lowest BCUT2D eigenvalue weighted by molar-refractivity contribution is -0.188. The third-order valence-corrected chi connectivity index (χ3v) is 6.22. The van der Waals surface area contributed by atoms with E-state index in [0.29, 0.717) is 5.92 Å². The van der Waals surface area contributed by atoms with E-state index in [1.807, 2.05) is 0 Å². The molecule has 0 bridgehead atoms. The second-order valence-electron chi connectivity index (χ2n) is 10.4. The molecule has 1 aliphatic carbocycles. The SMILES string of the molecule is CC(C)C1(OC(=O)C(C)(C)C(C)(C)CC(C)(C)C)CCCCC1. The maximum atomic E-state index is 13.2. The third kappa shape index (κ3) is 4.73. The van der Waals surface area contributed by atoms with Crippen molar-refractivity contribution in [2.24, 2.45) is 22.2 Å². The normalized spacial score (nSPS) is 19.7. The average molecular weight is 325 g/mol. The van der Waals surface area contributed by atoms with Gasteiger partial charge in [-0.15, -0.1) is 0 Å². The van der Waals surface area contributed by atoms with E-state index in [9.17, 15) is 4.79 Å². The number of hydrogen-bond acceptors (Lipinski definition) is 2. The van der Waals surface area contributed by atoms with E-state index in [4.69, 9.17) is 4.74 Å². The maximum absolute atomic E-state index is 13.2. The molecular formula is C21H40O2. The van der Waals surface area contributed by atoms with Gasteiger partial charge in [-0.05, 0) is 62.7 Å². The van der Waals surface area contributed by atoms with Crippen molar-refractivity contribution in [1.29, 1.82) is 0 Å². The summed E-state index contributed by atoms with van der Waals surface area (Å²) < 4.78 is 6.27. The van der Waals surface area contributed by atoms with Crippen molar-refractivity contribution >= 4 is 5.97 Å². The Bertz CT molecular complexity index is 404. The second-order valence-corrected chi connectivity index (χ2v) is 10.4. The Morgan fingerprint density at radius 1 is 0.957 bits per heavy atom. The molecule has 0 aromatic heterocycles. The van der Waals surface area contributed by atoms with Crippen LogP contribution in [0.5, 0.6) is 0 Å². The van der Waals surface area contributed by atoms with Crippen LogP contribution in [0.25, 0.3) is 0 Å². The lowest BCUT2D eigenvalue weighted by Gasteiger charge is -2.47. The van der Waals surface area contributed by atoms with Crippen LogP contribution in [0.1, 0.15) is 101 Å². The zero-order valence-corrected chi connectivity index (χ0v) is 17.1. The van der Waals surface area contributed by atoms with Gasteiger partial charge in [0.25, 0.3) is 0 Å². The molecule has 1 rings (SSSR count). The highest BCUT2D eigenvalue weighted by atomic mass is 16.6. The summed E-state index contributed by atoms with van der Waals surface area (Å²) >= 11 is 0. The standard InChI is InChI=1S/C21H40O2/c1-16(2)21(13-11-10-12-14-21)23-17(22)20(8,9)19(6,7)15-18(3,4)5/h16H,10-15H2,1-9H3. The first kappa shape index (κ1) is 20.5. The summed E-state index contributed by atoms with van der Waals surface area (Å²) in [4.78, 5) is 13.2. The Morgan fingerprint density at radius 3 is 1.83 bits per heavy atom. The number of esters is 1. The van der Waals surface area contributed by atoms with Gasteiger partial charge in [0.1, 0.15) is 5.60 Å². The van der Waals surface area contributed by atoms with Crippen LogP contribution in [0.3, 0.4) is 0 Å². The smallest absolute Gasteiger partial charge is 0.312 e. The van der Waals surface area contributed by atoms with E-state index in [-0.39, 0.29) is 22.4 Å². The third-order valence-electron chi connectivity index (χ3n) is 6.22. The van der Waals surface area contributed by atoms with Gasteiger partial charge in [0.2, 0.25) is 0 Å². The molecule has 1 fully saturated rings. The molecular weight excluding hydrogens is 284 g/mol. The summed E-state index contributed by atoms with van der Waals surface area (Å²) in [6.07, 6.45) is 6.66. The Morgan fingerprint density at radius 2 is 1.43 bits per heavy atom. The molecule has 0 atom stereocenters. The van der Waals surface area contributed by atoms with Crippen molar-refractivity contribution in [3.05, 3.63) is 0 Å². The van der Waals surface area contributed by atoms with E-state index in [0.717, 1.165) is 19.3 Å². The minimum Gasteiger partial charge on any atom is -0.458 e. The lowest BCUT2D eigenvalue weighted by atomic mass is 9.61. The summed E-state index contributed by atoms with van der Waals surface area (Å²) in [5, 5.41) is 0. The molecule has 0 radical (unpaired) electrons. The van der Waals surface area contributed by atoms with E-state index in [1.54, 1.807) is 0 Å². The molecule has 2 nitrogen and oxygen atoms in total. The van der Waals surface area contributed by atoms with Gasteiger partial charge in [0.05, 0.1) is 5.41 Å². The van der Waals surface area contributed by atoms with Crippen molar-refractivity contribution in [3.63, 3.8) is 0 Å². The van der Waals surface area contributed by atoms with Crippen molar-refractivity contribution in [3.8, 4) is 0 Å². The van der Waals surface area contributed by atoms with Gasteiger partial charge in [-0.25, -0.2) is 0 Å². The van der Waals surface area contributed by atoms with Crippen LogP contribution in [0.15, 0.2) is 0 Å². The fourth-order valence-corrected chi connectivity index (χ4v) is 4.08. The van der Waals surface area contributed by atoms with Crippen molar-refractivity contribution < 1.29 is 9.53 Å². The van der Waals surface area contributed by atoms with Gasteiger partial charge in [0.15, 0.2) is 0 Å². The van der Waals surface area contributed by atoms with Crippen LogP contribution in [0.4, 0.5) is 0 Å². The highest BCUT2D eigenvalue weighted by Gasteiger charge is 2.49. The van der Waals surface area contributed by atoms with Gasteiger partial charge in [0, 0.05) is 0 Å². The van der Waals surface area contributed by atoms with Crippen molar-refractivity contribution in [1.82, 2.24) is 0 Å². The number of rotatable bonds is 5. The molecule has 0 aromatic rings. The average Bonchev–Trinajstić information content (AvgIpc) is 2.36. The van der Waals surface area contributed by atoms with Crippen LogP contribution >= 0.6 is 0 Å². The summed E-state index contributed by atoms with van der Waals surface area (Å²) in [5.41, 5.74) is -0.638. The monoisotopic (exact) mass is 324 g/mol. The van der Waals surface area contributed by atoms with Gasteiger partial charge in [-0.3, -0.25) is 4.79 Å². The molecule has 0 aromatic carbocycles. The Balaban J connectivity index is 2.97. The van der Waals surface area contributed by atoms with Gasteiger partial charge in [-0.2, -0.15) is 0 Å². The largest absolute Gasteiger partial charge is 0.458 e. The van der Waals surface area contributed by atoms with Crippen LogP contribution in [-0.2, 0) is 9.53 Å². The predicted molar refractivity (Wildman–Crippen MR) is 98.4 cm³/mol. The van der Waals surface area contributed by atoms with Crippen LogP contribution in [-0.4, -0.2) is 11.6 Å². The van der Waals surface area contributed by atoms with E-state index in [2.05, 4.69) is 62.3 Å². The van der Waals surface area contributed by atoms with Crippen molar-refractivity contribution in [2.45, 2.75) is 106 Å². The molecule has 1 saturated carbocycles. The molecule has 0 unspecified atom stereocenters. The topological polar surface area (TPSA) is 26.3 Å². The molecule has 0 amide bonds. The summed E-state index contributed by atoms with van der Waals surface area (Å²) in [5.74, 6) is 0.371. The molecule has 136 valence electrons. The maximum Gasteiger partial charge on any atom is 0.312 e. The molecule has 2 heteroatoms. The quantitative estimate of drug-likeness (QED) is 0.549. The molecule has 1 aliphatic rings. The molecule has 0 heterocycles. The minimum absolute atomic E-state index is 0.0117. The number of ether oxygens (including phenoxy) is 1. The molecule has 0 spiro atoms. The number of carbonyl (C=O) groups excluding carboxylic acids is 1. The lowest BCUT2D eigenvalue weighted by Crippen LogP contribution is -2.49. The van der Waals surface area contributed by atoms with Gasteiger partial charge >= 0.3 is 5.97 Å². The van der Waals surface area contributed by atoms with Gasteiger partial charge in [-0.1, -0.05) is 54.9 Å².